The Morgan fingerprint density at radius 1 is 1.16 bits per heavy atom. The van der Waals surface area contributed by atoms with Gasteiger partial charge >= 0.3 is 5.97 Å². The first-order valence-electron chi connectivity index (χ1n) is 6.73. The van der Waals surface area contributed by atoms with Crippen molar-refractivity contribution < 1.29 is 14.3 Å². The number of carbonyl (C=O) groups excluding carboxylic acids is 1. The molecular formula is C15H23NO3. The lowest BCUT2D eigenvalue weighted by atomic mass is 10.2. The van der Waals surface area contributed by atoms with Crippen LogP contribution < -0.4 is 4.74 Å². The SMILES string of the molecule is CCN(CC)CCOC(=O)COc1ccc(C)cc1. The molecule has 4 heteroatoms. The van der Waals surface area contributed by atoms with Crippen molar-refractivity contribution in [3.63, 3.8) is 0 Å². The van der Waals surface area contributed by atoms with E-state index in [1.165, 1.54) is 0 Å². The number of ether oxygens (including phenoxy) is 2. The Balaban J connectivity index is 2.19. The van der Waals surface area contributed by atoms with Crippen LogP contribution in [0.5, 0.6) is 5.75 Å². The van der Waals surface area contributed by atoms with Gasteiger partial charge in [0.1, 0.15) is 12.4 Å². The van der Waals surface area contributed by atoms with E-state index in [0.717, 1.165) is 25.2 Å². The number of esters is 1. The van der Waals surface area contributed by atoms with Crippen molar-refractivity contribution in [3.05, 3.63) is 29.8 Å². The van der Waals surface area contributed by atoms with E-state index < -0.39 is 0 Å². The first-order valence-corrected chi connectivity index (χ1v) is 6.73. The highest BCUT2D eigenvalue weighted by atomic mass is 16.6. The molecule has 0 amide bonds. The summed E-state index contributed by atoms with van der Waals surface area (Å²) in [6.07, 6.45) is 0. The third kappa shape index (κ3) is 6.25. The van der Waals surface area contributed by atoms with Gasteiger partial charge in [-0.15, -0.1) is 0 Å². The van der Waals surface area contributed by atoms with E-state index in [1.807, 2.05) is 31.2 Å². The van der Waals surface area contributed by atoms with E-state index in [0.29, 0.717) is 12.4 Å². The van der Waals surface area contributed by atoms with Crippen molar-refractivity contribution in [2.75, 3.05) is 32.8 Å². The van der Waals surface area contributed by atoms with Crippen LogP contribution in [0.4, 0.5) is 0 Å². The number of carbonyl (C=O) groups is 1. The highest BCUT2D eigenvalue weighted by Gasteiger charge is 2.05. The highest BCUT2D eigenvalue weighted by Crippen LogP contribution is 2.11. The molecule has 0 aliphatic heterocycles. The van der Waals surface area contributed by atoms with Gasteiger partial charge in [0.05, 0.1) is 0 Å². The normalized spacial score (nSPS) is 10.5. The van der Waals surface area contributed by atoms with Crippen LogP contribution >= 0.6 is 0 Å². The zero-order valence-corrected chi connectivity index (χ0v) is 12.0. The molecule has 4 nitrogen and oxygen atoms in total. The maximum Gasteiger partial charge on any atom is 0.344 e. The molecule has 19 heavy (non-hydrogen) atoms. The zero-order valence-electron chi connectivity index (χ0n) is 12.0. The molecule has 0 saturated carbocycles. The number of nitrogens with zero attached hydrogens (tertiary/aromatic N) is 1. The molecule has 1 aromatic carbocycles. The van der Waals surface area contributed by atoms with Gasteiger partial charge < -0.3 is 14.4 Å². The molecule has 0 heterocycles. The Bertz CT molecular complexity index is 371. The third-order valence-corrected chi connectivity index (χ3v) is 2.94. The summed E-state index contributed by atoms with van der Waals surface area (Å²) in [7, 11) is 0. The fraction of sp³-hybridized carbons (Fsp3) is 0.533. The molecule has 1 rings (SSSR count). The van der Waals surface area contributed by atoms with E-state index in [1.54, 1.807) is 0 Å². The fourth-order valence-corrected chi connectivity index (χ4v) is 1.65. The minimum Gasteiger partial charge on any atom is -0.482 e. The second kappa shape index (κ2) is 8.53. The Morgan fingerprint density at radius 2 is 1.79 bits per heavy atom. The average molecular weight is 265 g/mol. The minimum absolute atomic E-state index is 0.0404. The van der Waals surface area contributed by atoms with Gasteiger partial charge in [-0.3, -0.25) is 0 Å². The van der Waals surface area contributed by atoms with Gasteiger partial charge in [-0.25, -0.2) is 4.79 Å². The molecule has 0 radical (unpaired) electrons. The lowest BCUT2D eigenvalue weighted by molar-refractivity contribution is -0.146. The van der Waals surface area contributed by atoms with Crippen LogP contribution in [0.15, 0.2) is 24.3 Å². The number of hydrogen-bond acceptors (Lipinski definition) is 4. The smallest absolute Gasteiger partial charge is 0.344 e. The Kier molecular flexibility index (Phi) is 6.97. The van der Waals surface area contributed by atoms with Crippen molar-refractivity contribution in [1.82, 2.24) is 4.90 Å². The molecule has 0 aliphatic rings. The largest absolute Gasteiger partial charge is 0.482 e. The molecule has 0 saturated heterocycles. The van der Waals surface area contributed by atoms with Gasteiger partial charge in [0.15, 0.2) is 6.61 Å². The molecule has 0 aromatic heterocycles. The summed E-state index contributed by atoms with van der Waals surface area (Å²) in [5, 5.41) is 0. The van der Waals surface area contributed by atoms with Crippen LogP contribution in [0.1, 0.15) is 19.4 Å². The van der Waals surface area contributed by atoms with Crippen molar-refractivity contribution in [1.29, 1.82) is 0 Å². The number of aryl methyl sites for hydroxylation is 1. The zero-order chi connectivity index (χ0) is 14.1. The van der Waals surface area contributed by atoms with Crippen molar-refractivity contribution in [3.8, 4) is 5.75 Å². The second-order valence-electron chi connectivity index (χ2n) is 4.35. The first-order chi connectivity index (χ1) is 9.15. The average Bonchev–Trinajstić information content (AvgIpc) is 2.43. The first kappa shape index (κ1) is 15.5. The van der Waals surface area contributed by atoms with Crippen molar-refractivity contribution in [2.24, 2.45) is 0 Å². The van der Waals surface area contributed by atoms with E-state index in [4.69, 9.17) is 9.47 Å². The predicted octanol–water partition coefficient (Wildman–Crippen LogP) is 2.26. The van der Waals surface area contributed by atoms with Gasteiger partial charge in [-0.2, -0.15) is 0 Å². The summed E-state index contributed by atoms with van der Waals surface area (Å²) in [6.45, 7) is 9.26. The van der Waals surface area contributed by atoms with Crippen LogP contribution in [-0.2, 0) is 9.53 Å². The topological polar surface area (TPSA) is 38.8 Å². The number of likely N-dealkylation sites (N-methyl/N-ethyl adjacent to an activating group) is 1. The van der Waals surface area contributed by atoms with Crippen molar-refractivity contribution >= 4 is 5.97 Å². The molecule has 106 valence electrons. The molecule has 0 unspecified atom stereocenters. The predicted molar refractivity (Wildman–Crippen MR) is 75.4 cm³/mol. The van der Waals surface area contributed by atoms with E-state index >= 15 is 0 Å². The third-order valence-electron chi connectivity index (χ3n) is 2.94. The summed E-state index contributed by atoms with van der Waals surface area (Å²) < 4.78 is 10.5. The van der Waals surface area contributed by atoms with Gasteiger partial charge in [0, 0.05) is 6.54 Å². The highest BCUT2D eigenvalue weighted by molar-refractivity contribution is 5.71. The van der Waals surface area contributed by atoms with Gasteiger partial charge in [0.25, 0.3) is 0 Å². The number of hydrogen-bond donors (Lipinski definition) is 0. The fourth-order valence-electron chi connectivity index (χ4n) is 1.65. The lowest BCUT2D eigenvalue weighted by Crippen LogP contribution is -2.28. The van der Waals surface area contributed by atoms with Crippen LogP contribution in [0, 0.1) is 6.92 Å². The van der Waals surface area contributed by atoms with Gasteiger partial charge in [0.2, 0.25) is 0 Å². The quantitative estimate of drug-likeness (QED) is 0.676. The van der Waals surface area contributed by atoms with Gasteiger partial charge in [-0.05, 0) is 32.1 Å². The maximum atomic E-state index is 11.5. The second-order valence-corrected chi connectivity index (χ2v) is 4.35. The molecule has 0 fully saturated rings. The van der Waals surface area contributed by atoms with E-state index in [2.05, 4.69) is 18.7 Å². The molecule has 0 spiro atoms. The van der Waals surface area contributed by atoms with Crippen LogP contribution in [0.2, 0.25) is 0 Å². The minimum atomic E-state index is -0.326. The van der Waals surface area contributed by atoms with Crippen LogP contribution in [-0.4, -0.2) is 43.7 Å². The molecule has 0 bridgehead atoms. The summed E-state index contributed by atoms with van der Waals surface area (Å²) in [4.78, 5) is 13.7. The molecule has 0 aliphatic carbocycles. The number of rotatable bonds is 8. The Hall–Kier alpha value is -1.55. The summed E-state index contributed by atoms with van der Waals surface area (Å²) in [5.41, 5.74) is 1.16. The summed E-state index contributed by atoms with van der Waals surface area (Å²) >= 11 is 0. The monoisotopic (exact) mass is 265 g/mol. The molecule has 1 aromatic rings. The molecular weight excluding hydrogens is 242 g/mol. The standard InChI is InChI=1S/C15H23NO3/c1-4-16(5-2)10-11-18-15(17)12-19-14-8-6-13(3)7-9-14/h6-9H,4-5,10-12H2,1-3H3. The maximum absolute atomic E-state index is 11.5. The summed E-state index contributed by atoms with van der Waals surface area (Å²) in [5.74, 6) is 0.360. The number of benzene rings is 1. The molecule has 0 atom stereocenters. The van der Waals surface area contributed by atoms with E-state index in [9.17, 15) is 4.79 Å². The lowest BCUT2D eigenvalue weighted by Gasteiger charge is -2.17. The van der Waals surface area contributed by atoms with Crippen LogP contribution in [0.25, 0.3) is 0 Å². The van der Waals surface area contributed by atoms with E-state index in [-0.39, 0.29) is 12.6 Å². The summed E-state index contributed by atoms with van der Waals surface area (Å²) in [6, 6.07) is 7.58. The molecule has 0 N–H and O–H groups in total. The Morgan fingerprint density at radius 3 is 2.37 bits per heavy atom. The van der Waals surface area contributed by atoms with Gasteiger partial charge in [-0.1, -0.05) is 31.5 Å². The van der Waals surface area contributed by atoms with Crippen LogP contribution in [0.3, 0.4) is 0 Å². The Labute approximate surface area is 115 Å². The van der Waals surface area contributed by atoms with Crippen molar-refractivity contribution in [2.45, 2.75) is 20.8 Å².